The molecule has 0 radical (unpaired) electrons. The number of furan rings is 1. The van der Waals surface area contributed by atoms with Crippen molar-refractivity contribution in [2.75, 3.05) is 5.32 Å². The molecule has 1 unspecified atom stereocenters. The zero-order valence-electron chi connectivity index (χ0n) is 13.0. The van der Waals surface area contributed by atoms with Crippen LogP contribution in [0.5, 0.6) is 0 Å². The van der Waals surface area contributed by atoms with Gasteiger partial charge < -0.3 is 9.73 Å². The summed E-state index contributed by atoms with van der Waals surface area (Å²) < 4.78 is 7.10. The number of hydrogen-bond donors (Lipinski definition) is 2. The maximum absolute atomic E-state index is 12.2. The topological polar surface area (TPSA) is 88.7 Å². The van der Waals surface area contributed by atoms with Crippen molar-refractivity contribution in [1.29, 1.82) is 0 Å². The van der Waals surface area contributed by atoms with Crippen LogP contribution in [-0.4, -0.2) is 19.7 Å². The van der Waals surface area contributed by atoms with Crippen LogP contribution < -0.4 is 10.9 Å². The molecule has 0 saturated heterocycles. The number of rotatable bonds is 3. The van der Waals surface area contributed by atoms with Crippen molar-refractivity contribution in [2.45, 2.75) is 39.3 Å². The van der Waals surface area contributed by atoms with Crippen LogP contribution in [0.2, 0.25) is 0 Å². The third-order valence-electron chi connectivity index (χ3n) is 3.40. The van der Waals surface area contributed by atoms with Crippen LogP contribution in [0, 0.1) is 0 Å². The second-order valence-electron chi connectivity index (χ2n) is 6.26. The zero-order chi connectivity index (χ0) is 15.9. The molecule has 0 aliphatic heterocycles. The molecule has 3 aromatic heterocycles. The largest absolute Gasteiger partial charge is 0.467 e. The molecule has 0 fully saturated rings. The van der Waals surface area contributed by atoms with Crippen molar-refractivity contribution in [1.82, 2.24) is 19.7 Å². The summed E-state index contributed by atoms with van der Waals surface area (Å²) in [4.78, 5) is 19.4. The third kappa shape index (κ3) is 2.49. The van der Waals surface area contributed by atoms with E-state index in [1.165, 1.54) is 0 Å². The first-order valence-corrected chi connectivity index (χ1v) is 7.15. The second-order valence-corrected chi connectivity index (χ2v) is 6.26. The summed E-state index contributed by atoms with van der Waals surface area (Å²) in [6.07, 6.45) is 3.16. The molecule has 3 aromatic rings. The predicted octanol–water partition coefficient (Wildman–Crippen LogP) is 2.64. The van der Waals surface area contributed by atoms with Gasteiger partial charge in [-0.3, -0.25) is 9.78 Å². The number of anilines is 1. The fourth-order valence-corrected chi connectivity index (χ4v) is 2.29. The van der Waals surface area contributed by atoms with Gasteiger partial charge in [0.1, 0.15) is 11.1 Å². The summed E-state index contributed by atoms with van der Waals surface area (Å²) in [5.74, 6) is 1.17. The van der Waals surface area contributed by atoms with E-state index in [-0.39, 0.29) is 17.1 Å². The second kappa shape index (κ2) is 5.01. The Hall–Kier alpha value is -2.57. The summed E-state index contributed by atoms with van der Waals surface area (Å²) in [5.41, 5.74) is 0.0898. The van der Waals surface area contributed by atoms with E-state index in [1.807, 2.05) is 39.8 Å². The van der Waals surface area contributed by atoms with Crippen LogP contribution in [0.15, 0.2) is 33.8 Å². The Morgan fingerprint density at radius 1 is 1.41 bits per heavy atom. The summed E-state index contributed by atoms with van der Waals surface area (Å²) in [6, 6.07) is 3.58. The molecule has 7 heteroatoms. The van der Waals surface area contributed by atoms with E-state index in [0.29, 0.717) is 17.0 Å². The summed E-state index contributed by atoms with van der Waals surface area (Å²) in [7, 11) is 0. The first-order valence-electron chi connectivity index (χ1n) is 7.15. The van der Waals surface area contributed by atoms with E-state index >= 15 is 0 Å². The Balaban J connectivity index is 2.02. The zero-order valence-corrected chi connectivity index (χ0v) is 13.0. The monoisotopic (exact) mass is 301 g/mol. The van der Waals surface area contributed by atoms with Gasteiger partial charge in [-0.1, -0.05) is 0 Å². The van der Waals surface area contributed by atoms with Crippen molar-refractivity contribution in [2.24, 2.45) is 0 Å². The number of nitrogens with one attached hydrogen (secondary N) is 2. The fourth-order valence-electron chi connectivity index (χ4n) is 2.29. The van der Waals surface area contributed by atoms with Gasteiger partial charge in [-0.25, -0.2) is 4.68 Å². The van der Waals surface area contributed by atoms with Gasteiger partial charge in [0.15, 0.2) is 5.65 Å². The van der Waals surface area contributed by atoms with Crippen LogP contribution in [0.4, 0.5) is 5.95 Å². The highest BCUT2D eigenvalue weighted by Crippen LogP contribution is 2.20. The molecule has 0 amide bonds. The van der Waals surface area contributed by atoms with Crippen molar-refractivity contribution < 1.29 is 4.42 Å². The van der Waals surface area contributed by atoms with Crippen molar-refractivity contribution in [3.63, 3.8) is 0 Å². The quantitative estimate of drug-likeness (QED) is 0.776. The Labute approximate surface area is 127 Å². The molecule has 3 rings (SSSR count). The lowest BCUT2D eigenvalue weighted by Crippen LogP contribution is -2.24. The summed E-state index contributed by atoms with van der Waals surface area (Å²) in [5, 5.41) is 7.91. The molecule has 0 spiro atoms. The summed E-state index contributed by atoms with van der Waals surface area (Å²) in [6.45, 7) is 7.98. The smallest absolute Gasteiger partial charge is 0.263 e. The highest BCUT2D eigenvalue weighted by atomic mass is 16.3. The molecular weight excluding hydrogens is 282 g/mol. The van der Waals surface area contributed by atoms with Gasteiger partial charge in [0.2, 0.25) is 5.95 Å². The van der Waals surface area contributed by atoms with E-state index in [9.17, 15) is 4.79 Å². The molecule has 0 aliphatic rings. The van der Waals surface area contributed by atoms with E-state index in [2.05, 4.69) is 20.4 Å². The maximum atomic E-state index is 12.2. The van der Waals surface area contributed by atoms with Crippen LogP contribution in [0.25, 0.3) is 11.0 Å². The van der Waals surface area contributed by atoms with Crippen LogP contribution in [-0.2, 0) is 5.54 Å². The van der Waals surface area contributed by atoms with E-state index < -0.39 is 0 Å². The number of fused-ring (bicyclic) bond motifs is 1. The molecule has 7 nitrogen and oxygen atoms in total. The van der Waals surface area contributed by atoms with Gasteiger partial charge in [-0.2, -0.15) is 10.1 Å². The minimum Gasteiger partial charge on any atom is -0.467 e. The Kier molecular flexibility index (Phi) is 3.27. The average Bonchev–Trinajstić information content (AvgIpc) is 3.06. The Bertz CT molecular complexity index is 839. The lowest BCUT2D eigenvalue weighted by molar-refractivity contribution is 0.366. The molecule has 22 heavy (non-hydrogen) atoms. The SMILES string of the molecule is CC(Nc1nc2c(cnn2C(C)(C)C)c(=O)[nH]1)c1ccco1. The maximum Gasteiger partial charge on any atom is 0.263 e. The Morgan fingerprint density at radius 3 is 2.82 bits per heavy atom. The van der Waals surface area contributed by atoms with Crippen LogP contribution in [0.1, 0.15) is 39.5 Å². The third-order valence-corrected chi connectivity index (χ3v) is 3.40. The summed E-state index contributed by atoms with van der Waals surface area (Å²) >= 11 is 0. The number of aromatic amines is 1. The molecule has 2 N–H and O–H groups in total. The highest BCUT2D eigenvalue weighted by Gasteiger charge is 2.20. The van der Waals surface area contributed by atoms with Gasteiger partial charge in [-0.05, 0) is 39.8 Å². The number of nitrogens with zero attached hydrogens (tertiary/aromatic N) is 3. The van der Waals surface area contributed by atoms with E-state index in [0.717, 1.165) is 5.76 Å². The Morgan fingerprint density at radius 2 is 2.18 bits per heavy atom. The van der Waals surface area contributed by atoms with E-state index in [4.69, 9.17) is 4.42 Å². The minimum absolute atomic E-state index is 0.110. The van der Waals surface area contributed by atoms with Gasteiger partial charge >= 0.3 is 0 Å². The van der Waals surface area contributed by atoms with Gasteiger partial charge in [0.05, 0.1) is 24.0 Å². The van der Waals surface area contributed by atoms with Gasteiger partial charge in [0.25, 0.3) is 5.56 Å². The standard InChI is InChI=1S/C15H19N5O2/c1-9(11-6-5-7-22-11)17-14-18-12-10(13(21)19-14)8-16-20(12)15(2,3)4/h5-9H,1-4H3,(H2,17,18,19,21). The molecule has 116 valence electrons. The fraction of sp³-hybridized carbons (Fsp3) is 0.400. The van der Waals surface area contributed by atoms with Crippen molar-refractivity contribution >= 4 is 17.0 Å². The molecule has 0 saturated carbocycles. The van der Waals surface area contributed by atoms with E-state index in [1.54, 1.807) is 17.1 Å². The number of aromatic nitrogens is 4. The first kappa shape index (κ1) is 14.4. The molecule has 0 aliphatic carbocycles. The van der Waals surface area contributed by atoms with Crippen molar-refractivity contribution in [3.05, 3.63) is 40.7 Å². The molecule has 1 atom stereocenters. The highest BCUT2D eigenvalue weighted by molar-refractivity contribution is 5.74. The first-order chi connectivity index (χ1) is 10.4. The molecule has 3 heterocycles. The lowest BCUT2D eigenvalue weighted by atomic mass is 10.1. The molecule has 0 aromatic carbocycles. The van der Waals surface area contributed by atoms with Crippen molar-refractivity contribution in [3.8, 4) is 0 Å². The molecular formula is C15H19N5O2. The average molecular weight is 301 g/mol. The predicted molar refractivity (Wildman–Crippen MR) is 83.9 cm³/mol. The molecule has 0 bridgehead atoms. The van der Waals surface area contributed by atoms with Crippen LogP contribution >= 0.6 is 0 Å². The number of H-pyrrole nitrogens is 1. The number of hydrogen-bond acceptors (Lipinski definition) is 5. The van der Waals surface area contributed by atoms with Gasteiger partial charge in [0, 0.05) is 0 Å². The lowest BCUT2D eigenvalue weighted by Gasteiger charge is -2.20. The normalized spacial score (nSPS) is 13.5. The van der Waals surface area contributed by atoms with Gasteiger partial charge in [-0.15, -0.1) is 0 Å². The minimum atomic E-state index is -0.257. The van der Waals surface area contributed by atoms with Crippen LogP contribution in [0.3, 0.4) is 0 Å².